The van der Waals surface area contributed by atoms with Crippen LogP contribution in [0.3, 0.4) is 0 Å². The average Bonchev–Trinajstić information content (AvgIpc) is 3.39. The molecule has 0 spiro atoms. The fraction of sp³-hybridized carbons (Fsp3) is 0.312. The van der Waals surface area contributed by atoms with Gasteiger partial charge >= 0.3 is 0 Å². The average molecular weight is 494 g/mol. The molecule has 2 N–H and O–H groups in total. The number of hydrogen-bond acceptors (Lipinski definition) is 5. The van der Waals surface area contributed by atoms with E-state index < -0.39 is 0 Å². The summed E-state index contributed by atoms with van der Waals surface area (Å²) in [6.07, 6.45) is 8.65. The Labute approximate surface area is 222 Å². The van der Waals surface area contributed by atoms with Crippen molar-refractivity contribution in [1.82, 2.24) is 4.98 Å². The van der Waals surface area contributed by atoms with Crippen LogP contribution in [0.25, 0.3) is 11.6 Å². The highest BCUT2D eigenvalue weighted by molar-refractivity contribution is 6.01. The van der Waals surface area contributed by atoms with Gasteiger partial charge in [0.2, 0.25) is 0 Å². The predicted octanol–water partition coefficient (Wildman–Crippen LogP) is 6.92. The maximum atomic E-state index is 6.91. The first-order valence-electron chi connectivity index (χ1n) is 13.5. The normalized spacial score (nSPS) is 16.2. The molecule has 192 valence electrons. The molecule has 0 saturated heterocycles. The van der Waals surface area contributed by atoms with E-state index in [1.54, 1.807) is 6.20 Å². The number of nitrogens with zero attached hydrogens (tertiary/aromatic N) is 4. The second-order valence-electron chi connectivity index (χ2n) is 9.28. The number of aryl methyl sites for hydroxylation is 1. The lowest BCUT2D eigenvalue weighted by atomic mass is 9.95. The zero-order chi connectivity index (χ0) is 26.2. The highest BCUT2D eigenvalue weighted by Gasteiger charge is 2.31. The van der Waals surface area contributed by atoms with Crippen LogP contribution < -0.4 is 15.6 Å². The van der Waals surface area contributed by atoms with E-state index >= 15 is 0 Å². The molecule has 0 saturated carbocycles. The molecule has 4 rings (SSSR count). The third-order valence-corrected chi connectivity index (χ3v) is 7.08. The van der Waals surface area contributed by atoms with Gasteiger partial charge in [-0.25, -0.2) is 9.99 Å². The molecule has 1 aromatic heterocycles. The van der Waals surface area contributed by atoms with Crippen LogP contribution in [0.15, 0.2) is 89.8 Å². The Morgan fingerprint density at radius 3 is 2.27 bits per heavy atom. The predicted molar refractivity (Wildman–Crippen MR) is 159 cm³/mol. The summed E-state index contributed by atoms with van der Waals surface area (Å²) in [5.41, 5.74) is 14.8. The van der Waals surface area contributed by atoms with Crippen LogP contribution in [0, 0.1) is 0 Å². The van der Waals surface area contributed by atoms with Crippen molar-refractivity contribution in [3.05, 3.63) is 101 Å². The molecule has 1 atom stereocenters. The highest BCUT2D eigenvalue weighted by atomic mass is 15.5. The van der Waals surface area contributed by atoms with E-state index in [0.29, 0.717) is 0 Å². The molecule has 1 aliphatic rings. The minimum Gasteiger partial charge on any atom is -0.400 e. The summed E-state index contributed by atoms with van der Waals surface area (Å²) in [4.78, 5) is 6.93. The second kappa shape index (κ2) is 12.4. The molecule has 1 unspecified atom stereocenters. The van der Waals surface area contributed by atoms with Crippen molar-refractivity contribution in [2.75, 3.05) is 23.0 Å². The molecule has 0 bridgehead atoms. The van der Waals surface area contributed by atoms with Gasteiger partial charge < -0.3 is 10.6 Å². The first kappa shape index (κ1) is 26.2. The SMILES string of the molecule is CCC(=C(N)C1CC(C=Cc2ccc(N(CC)CC)cc2)=NN1c1ccccn1)c1ccc(CC)cc1. The fourth-order valence-corrected chi connectivity index (χ4v) is 4.87. The smallest absolute Gasteiger partial charge is 0.149 e. The Balaban J connectivity index is 1.62. The highest BCUT2D eigenvalue weighted by Crippen LogP contribution is 2.31. The molecule has 37 heavy (non-hydrogen) atoms. The van der Waals surface area contributed by atoms with Crippen LogP contribution in [0.1, 0.15) is 57.2 Å². The maximum Gasteiger partial charge on any atom is 0.149 e. The van der Waals surface area contributed by atoms with Crippen LogP contribution in [0.4, 0.5) is 11.5 Å². The molecule has 1 aliphatic heterocycles. The van der Waals surface area contributed by atoms with Crippen molar-refractivity contribution >= 4 is 28.9 Å². The number of aromatic nitrogens is 1. The summed E-state index contributed by atoms with van der Waals surface area (Å²) in [5.74, 6) is 0.805. The Morgan fingerprint density at radius 2 is 1.68 bits per heavy atom. The number of nitrogens with two attached hydrogens (primary N) is 1. The van der Waals surface area contributed by atoms with Gasteiger partial charge in [0.15, 0.2) is 0 Å². The molecule has 5 heteroatoms. The van der Waals surface area contributed by atoms with E-state index in [1.807, 2.05) is 23.2 Å². The standard InChI is InChI=1S/C32H39N5/c1-5-24-12-17-26(18-13-24)29(6-2)32(33)30-23-27(35-37(30)31-11-9-10-22-34-31)19-14-25-15-20-28(21-16-25)36(7-3)8-4/h9-22,30H,5-8,23,33H2,1-4H3. The third kappa shape index (κ3) is 6.11. The lowest BCUT2D eigenvalue weighted by molar-refractivity contribution is 0.728. The molecule has 5 nitrogen and oxygen atoms in total. The van der Waals surface area contributed by atoms with Gasteiger partial charge in [0.05, 0.1) is 11.8 Å². The van der Waals surface area contributed by atoms with Gasteiger partial charge in [-0.3, -0.25) is 0 Å². The summed E-state index contributed by atoms with van der Waals surface area (Å²) in [6.45, 7) is 10.7. The van der Waals surface area contributed by atoms with Crippen LogP contribution in [-0.4, -0.2) is 29.8 Å². The lowest BCUT2D eigenvalue weighted by Crippen LogP contribution is -2.33. The fourth-order valence-electron chi connectivity index (χ4n) is 4.87. The van der Waals surface area contributed by atoms with Crippen molar-refractivity contribution in [2.24, 2.45) is 10.8 Å². The molecule has 2 aromatic carbocycles. The maximum absolute atomic E-state index is 6.91. The van der Waals surface area contributed by atoms with Crippen molar-refractivity contribution in [1.29, 1.82) is 0 Å². The zero-order valence-corrected chi connectivity index (χ0v) is 22.6. The number of rotatable bonds is 10. The Bertz CT molecular complexity index is 1240. The molecule has 2 heterocycles. The Kier molecular flexibility index (Phi) is 8.78. The number of pyridine rings is 1. The van der Waals surface area contributed by atoms with Gasteiger partial charge in [-0.1, -0.05) is 62.4 Å². The van der Waals surface area contributed by atoms with Crippen LogP contribution >= 0.6 is 0 Å². The second-order valence-corrected chi connectivity index (χ2v) is 9.28. The molecule has 0 radical (unpaired) electrons. The molecule has 0 fully saturated rings. The summed E-state index contributed by atoms with van der Waals surface area (Å²) < 4.78 is 0. The molecule has 0 amide bonds. The Hall–Kier alpha value is -3.86. The first-order chi connectivity index (χ1) is 18.1. The van der Waals surface area contributed by atoms with E-state index in [0.717, 1.165) is 55.1 Å². The van der Waals surface area contributed by atoms with Crippen molar-refractivity contribution in [3.8, 4) is 0 Å². The molecule has 3 aromatic rings. The van der Waals surface area contributed by atoms with Gasteiger partial charge in [-0.2, -0.15) is 5.10 Å². The van der Waals surface area contributed by atoms with Crippen LogP contribution in [0.5, 0.6) is 0 Å². The van der Waals surface area contributed by atoms with Gasteiger partial charge in [-0.15, -0.1) is 0 Å². The molecular weight excluding hydrogens is 454 g/mol. The van der Waals surface area contributed by atoms with Crippen LogP contribution in [-0.2, 0) is 6.42 Å². The minimum absolute atomic E-state index is 0.0830. The van der Waals surface area contributed by atoms with E-state index in [-0.39, 0.29) is 6.04 Å². The third-order valence-electron chi connectivity index (χ3n) is 7.08. The number of anilines is 2. The first-order valence-corrected chi connectivity index (χ1v) is 13.5. The number of hydrogen-bond donors (Lipinski definition) is 1. The number of allylic oxidation sites excluding steroid dienone is 2. The van der Waals surface area contributed by atoms with E-state index in [1.165, 1.54) is 22.4 Å². The van der Waals surface area contributed by atoms with Crippen molar-refractivity contribution in [2.45, 2.75) is 53.0 Å². The van der Waals surface area contributed by atoms with Crippen molar-refractivity contribution < 1.29 is 0 Å². The largest absolute Gasteiger partial charge is 0.400 e. The lowest BCUT2D eigenvalue weighted by Gasteiger charge is -2.25. The van der Waals surface area contributed by atoms with Gasteiger partial charge in [-0.05, 0) is 79.3 Å². The number of benzene rings is 2. The summed E-state index contributed by atoms with van der Waals surface area (Å²) in [5, 5.41) is 6.94. The van der Waals surface area contributed by atoms with Gasteiger partial charge in [0, 0.05) is 37.1 Å². The quantitative estimate of drug-likeness (QED) is 0.333. The van der Waals surface area contributed by atoms with Gasteiger partial charge in [0.1, 0.15) is 5.82 Å². The minimum atomic E-state index is -0.0830. The number of hydrazone groups is 1. The molecular formula is C32H39N5. The van der Waals surface area contributed by atoms with E-state index in [2.05, 4.69) is 98.3 Å². The van der Waals surface area contributed by atoms with E-state index in [9.17, 15) is 0 Å². The van der Waals surface area contributed by atoms with Crippen LogP contribution in [0.2, 0.25) is 0 Å². The van der Waals surface area contributed by atoms with Crippen molar-refractivity contribution in [3.63, 3.8) is 0 Å². The van der Waals surface area contributed by atoms with Gasteiger partial charge in [0.25, 0.3) is 0 Å². The summed E-state index contributed by atoms with van der Waals surface area (Å²) in [7, 11) is 0. The Morgan fingerprint density at radius 1 is 0.946 bits per heavy atom. The topological polar surface area (TPSA) is 57.8 Å². The summed E-state index contributed by atoms with van der Waals surface area (Å²) >= 11 is 0. The monoisotopic (exact) mass is 493 g/mol. The molecule has 0 aliphatic carbocycles. The summed E-state index contributed by atoms with van der Waals surface area (Å²) in [6, 6.07) is 23.3. The zero-order valence-electron chi connectivity index (χ0n) is 22.6. The van der Waals surface area contributed by atoms with E-state index in [4.69, 9.17) is 10.8 Å².